The Labute approximate surface area is 171 Å². The van der Waals surface area contributed by atoms with Crippen LogP contribution in [0, 0.1) is 6.92 Å². The molecule has 0 radical (unpaired) electrons. The van der Waals surface area contributed by atoms with Crippen molar-refractivity contribution in [3.05, 3.63) is 73.2 Å². The molecule has 0 atom stereocenters. The van der Waals surface area contributed by atoms with E-state index in [2.05, 4.69) is 0 Å². The van der Waals surface area contributed by atoms with E-state index in [1.807, 2.05) is 29.8 Å². The third-order valence-electron chi connectivity index (χ3n) is 5.21. The first-order chi connectivity index (χ1) is 13.8. The van der Waals surface area contributed by atoms with Crippen molar-refractivity contribution < 1.29 is 9.53 Å². The van der Waals surface area contributed by atoms with E-state index in [4.69, 9.17) is 4.74 Å². The summed E-state index contributed by atoms with van der Waals surface area (Å²) in [5, 5.41) is 3.84. The fraction of sp³-hybridized carbons (Fsp3) is 0.286. The molecule has 0 aromatic carbocycles. The lowest BCUT2D eigenvalue weighted by Gasteiger charge is -2.39. The van der Waals surface area contributed by atoms with Crippen LogP contribution in [0.1, 0.15) is 16.1 Å². The van der Waals surface area contributed by atoms with Gasteiger partial charge in [0, 0.05) is 43.7 Å². The number of ether oxygens (including phenoxy) is 1. The molecular weight excluding hydrogens is 390 g/mol. The van der Waals surface area contributed by atoms with E-state index in [-0.39, 0.29) is 23.1 Å². The third-order valence-corrected chi connectivity index (χ3v) is 5.89. The number of amides is 1. The molecule has 8 heteroatoms. The first-order valence-corrected chi connectivity index (χ1v) is 10.1. The summed E-state index contributed by atoms with van der Waals surface area (Å²) in [6, 6.07) is 6.68. The van der Waals surface area contributed by atoms with Crippen molar-refractivity contribution in [1.82, 2.24) is 14.0 Å². The number of aromatic nitrogens is 2. The fourth-order valence-corrected chi connectivity index (χ4v) is 3.96. The van der Waals surface area contributed by atoms with Gasteiger partial charge in [-0.05, 0) is 35.4 Å². The van der Waals surface area contributed by atoms with Gasteiger partial charge in [0.15, 0.2) is 0 Å². The van der Waals surface area contributed by atoms with Crippen molar-refractivity contribution in [2.45, 2.75) is 13.0 Å². The minimum atomic E-state index is -0.164. The van der Waals surface area contributed by atoms with E-state index in [1.165, 1.54) is 28.0 Å². The van der Waals surface area contributed by atoms with Gasteiger partial charge in [0.2, 0.25) is 0 Å². The van der Waals surface area contributed by atoms with Crippen LogP contribution in [-0.4, -0.2) is 39.1 Å². The average molecular weight is 411 g/mol. The van der Waals surface area contributed by atoms with Crippen molar-refractivity contribution >= 4 is 17.2 Å². The molecule has 0 bridgehead atoms. The van der Waals surface area contributed by atoms with Crippen LogP contribution in [0.15, 0.2) is 50.8 Å². The van der Waals surface area contributed by atoms with Gasteiger partial charge in [0.25, 0.3) is 17.0 Å². The highest BCUT2D eigenvalue weighted by Crippen LogP contribution is 2.27. The second kappa shape index (κ2) is 7.36. The van der Waals surface area contributed by atoms with Gasteiger partial charge in [0.1, 0.15) is 11.9 Å². The van der Waals surface area contributed by atoms with Gasteiger partial charge < -0.3 is 18.8 Å². The fourth-order valence-electron chi connectivity index (χ4n) is 3.30. The minimum absolute atomic E-state index is 0.127. The van der Waals surface area contributed by atoms with Gasteiger partial charge in [-0.3, -0.25) is 14.4 Å². The van der Waals surface area contributed by atoms with Crippen LogP contribution < -0.4 is 15.9 Å². The van der Waals surface area contributed by atoms with Gasteiger partial charge in [-0.2, -0.15) is 11.3 Å². The number of carbonyl (C=O) groups is 1. The Morgan fingerprint density at radius 2 is 1.90 bits per heavy atom. The number of hydrogen-bond acceptors (Lipinski definition) is 5. The molecule has 150 valence electrons. The lowest BCUT2D eigenvalue weighted by molar-refractivity contribution is 0.0176. The van der Waals surface area contributed by atoms with Crippen LogP contribution in [0.5, 0.6) is 5.75 Å². The molecule has 1 saturated heterocycles. The maximum atomic E-state index is 13.1. The standard InChI is InChI=1S/C21H21N3O4S/c1-13-6-15(7-20(26)23(13)3)28-16-9-24(10-16)21(27)18-11-22(2)19(25)8-17(18)14-4-5-29-12-14/h4-8,11-12,16H,9-10H2,1-3H3. The van der Waals surface area contributed by atoms with Crippen LogP contribution in [0.25, 0.3) is 11.1 Å². The van der Waals surface area contributed by atoms with Crippen LogP contribution in [0.2, 0.25) is 0 Å². The zero-order valence-electron chi connectivity index (χ0n) is 16.4. The van der Waals surface area contributed by atoms with E-state index < -0.39 is 0 Å². The van der Waals surface area contributed by atoms with E-state index in [0.717, 1.165) is 11.3 Å². The Morgan fingerprint density at radius 3 is 2.55 bits per heavy atom. The predicted octanol–water partition coefficient (Wildman–Crippen LogP) is 2.02. The molecule has 0 N–H and O–H groups in total. The summed E-state index contributed by atoms with van der Waals surface area (Å²) in [5.74, 6) is 0.380. The molecule has 4 heterocycles. The minimum Gasteiger partial charge on any atom is -0.486 e. The maximum Gasteiger partial charge on any atom is 0.256 e. The number of pyridine rings is 2. The van der Waals surface area contributed by atoms with Gasteiger partial charge in [0.05, 0.1) is 18.7 Å². The molecule has 0 aliphatic carbocycles. The van der Waals surface area contributed by atoms with Crippen molar-refractivity contribution in [1.29, 1.82) is 0 Å². The van der Waals surface area contributed by atoms with Gasteiger partial charge in [-0.15, -0.1) is 0 Å². The van der Waals surface area contributed by atoms with E-state index >= 15 is 0 Å². The van der Waals surface area contributed by atoms with E-state index in [0.29, 0.717) is 30.0 Å². The van der Waals surface area contributed by atoms with Crippen LogP contribution in [-0.2, 0) is 14.1 Å². The summed E-state index contributed by atoms with van der Waals surface area (Å²) in [6.45, 7) is 2.70. The molecular formula is C21H21N3O4S. The lowest BCUT2D eigenvalue weighted by Crippen LogP contribution is -2.56. The average Bonchev–Trinajstić information content (AvgIpc) is 3.18. The quantitative estimate of drug-likeness (QED) is 0.659. The summed E-state index contributed by atoms with van der Waals surface area (Å²) >= 11 is 1.52. The molecule has 0 spiro atoms. The molecule has 3 aromatic rings. The maximum absolute atomic E-state index is 13.1. The highest BCUT2D eigenvalue weighted by Gasteiger charge is 2.34. The largest absolute Gasteiger partial charge is 0.486 e. The van der Waals surface area contributed by atoms with Crippen molar-refractivity contribution in [2.24, 2.45) is 14.1 Å². The Balaban J connectivity index is 1.51. The van der Waals surface area contributed by atoms with Crippen molar-refractivity contribution in [3.8, 4) is 16.9 Å². The normalized spacial score (nSPS) is 14.0. The van der Waals surface area contributed by atoms with E-state index in [1.54, 1.807) is 29.8 Å². The number of hydrogen-bond donors (Lipinski definition) is 0. The molecule has 1 aliphatic heterocycles. The lowest BCUT2D eigenvalue weighted by atomic mass is 10.0. The first-order valence-electron chi connectivity index (χ1n) is 9.20. The van der Waals surface area contributed by atoms with Crippen LogP contribution in [0.3, 0.4) is 0 Å². The first kappa shape index (κ1) is 19.2. The summed E-state index contributed by atoms with van der Waals surface area (Å²) in [7, 11) is 3.35. The number of rotatable bonds is 4. The molecule has 7 nitrogen and oxygen atoms in total. The molecule has 1 amide bonds. The second-order valence-electron chi connectivity index (χ2n) is 7.24. The molecule has 0 unspecified atom stereocenters. The zero-order valence-corrected chi connectivity index (χ0v) is 17.2. The molecule has 0 saturated carbocycles. The Kier molecular flexibility index (Phi) is 4.87. The second-order valence-corrected chi connectivity index (χ2v) is 8.02. The van der Waals surface area contributed by atoms with Gasteiger partial charge in [-0.25, -0.2) is 0 Å². The summed E-state index contributed by atoms with van der Waals surface area (Å²) in [6.07, 6.45) is 1.43. The molecule has 4 rings (SSSR count). The monoisotopic (exact) mass is 411 g/mol. The predicted molar refractivity (Wildman–Crippen MR) is 112 cm³/mol. The third kappa shape index (κ3) is 3.63. The number of nitrogens with zero attached hydrogens (tertiary/aromatic N) is 3. The molecule has 1 aliphatic rings. The molecule has 29 heavy (non-hydrogen) atoms. The summed E-state index contributed by atoms with van der Waals surface area (Å²) in [4.78, 5) is 38.7. The Morgan fingerprint density at radius 1 is 1.14 bits per heavy atom. The smallest absolute Gasteiger partial charge is 0.256 e. The van der Waals surface area contributed by atoms with E-state index in [9.17, 15) is 14.4 Å². The number of carbonyl (C=O) groups excluding carboxylic acids is 1. The molecule has 3 aromatic heterocycles. The number of aryl methyl sites for hydroxylation is 2. The highest BCUT2D eigenvalue weighted by molar-refractivity contribution is 7.08. The molecule has 1 fully saturated rings. The summed E-state index contributed by atoms with van der Waals surface area (Å²) < 4.78 is 8.83. The van der Waals surface area contributed by atoms with Crippen molar-refractivity contribution in [2.75, 3.05) is 13.1 Å². The van der Waals surface area contributed by atoms with Gasteiger partial charge in [-0.1, -0.05) is 0 Å². The SMILES string of the molecule is Cc1cc(OC2CN(C(=O)c3cn(C)c(=O)cc3-c3ccsc3)C2)cc(=O)n1C. The van der Waals surface area contributed by atoms with Gasteiger partial charge >= 0.3 is 0 Å². The van der Waals surface area contributed by atoms with Crippen LogP contribution in [0.4, 0.5) is 0 Å². The topological polar surface area (TPSA) is 73.5 Å². The number of likely N-dealkylation sites (tertiary alicyclic amines) is 1. The van der Waals surface area contributed by atoms with Crippen LogP contribution >= 0.6 is 11.3 Å². The Bertz CT molecular complexity index is 1190. The highest BCUT2D eigenvalue weighted by atomic mass is 32.1. The summed E-state index contributed by atoms with van der Waals surface area (Å²) in [5.41, 5.74) is 2.52. The Hall–Kier alpha value is -3.13. The zero-order chi connectivity index (χ0) is 20.7. The van der Waals surface area contributed by atoms with Crippen molar-refractivity contribution in [3.63, 3.8) is 0 Å². The number of thiophene rings is 1.